The molecular formula is C16H15F2NO2. The van der Waals surface area contributed by atoms with Crippen molar-refractivity contribution < 1.29 is 18.3 Å². The molecule has 0 unspecified atom stereocenters. The first-order valence-electron chi connectivity index (χ1n) is 6.51. The summed E-state index contributed by atoms with van der Waals surface area (Å²) in [7, 11) is 0. The highest BCUT2D eigenvalue weighted by atomic mass is 19.1. The number of carbonyl (C=O) groups is 1. The van der Waals surface area contributed by atoms with Crippen molar-refractivity contribution in [1.29, 1.82) is 0 Å². The Balaban J connectivity index is 2.18. The van der Waals surface area contributed by atoms with Gasteiger partial charge in [-0.05, 0) is 49.7 Å². The van der Waals surface area contributed by atoms with Gasteiger partial charge in [-0.3, -0.25) is 4.79 Å². The van der Waals surface area contributed by atoms with Gasteiger partial charge in [0.2, 0.25) is 0 Å². The van der Waals surface area contributed by atoms with Crippen LogP contribution in [0.3, 0.4) is 0 Å². The minimum absolute atomic E-state index is 0.0621. The molecule has 0 bridgehead atoms. The summed E-state index contributed by atoms with van der Waals surface area (Å²) in [5.41, 5.74) is 1.12. The van der Waals surface area contributed by atoms with Gasteiger partial charge in [-0.2, -0.15) is 0 Å². The maximum absolute atomic E-state index is 13.5. The van der Waals surface area contributed by atoms with Gasteiger partial charge in [0.05, 0.1) is 12.3 Å². The van der Waals surface area contributed by atoms with E-state index in [0.717, 1.165) is 17.7 Å². The fraction of sp³-hybridized carbons (Fsp3) is 0.188. The number of ether oxygens (including phenoxy) is 1. The maximum atomic E-state index is 13.5. The molecule has 110 valence electrons. The third-order valence-corrected chi connectivity index (χ3v) is 2.92. The lowest BCUT2D eigenvalue weighted by Crippen LogP contribution is -2.13. The van der Waals surface area contributed by atoms with Crippen molar-refractivity contribution in [3.63, 3.8) is 0 Å². The van der Waals surface area contributed by atoms with Gasteiger partial charge in [0.1, 0.15) is 17.4 Å². The van der Waals surface area contributed by atoms with Crippen LogP contribution in [-0.2, 0) is 0 Å². The molecule has 0 aliphatic carbocycles. The van der Waals surface area contributed by atoms with Crippen LogP contribution in [0.15, 0.2) is 36.4 Å². The van der Waals surface area contributed by atoms with Gasteiger partial charge in [0, 0.05) is 11.6 Å². The SMILES string of the molecule is CCOc1ccc(C(=O)Nc2ccc(F)cc2F)cc1C. The summed E-state index contributed by atoms with van der Waals surface area (Å²) in [6.07, 6.45) is 0. The molecule has 2 aromatic rings. The van der Waals surface area contributed by atoms with Crippen LogP contribution in [0.5, 0.6) is 5.75 Å². The monoisotopic (exact) mass is 291 g/mol. The first kappa shape index (κ1) is 15.0. The zero-order chi connectivity index (χ0) is 15.4. The normalized spacial score (nSPS) is 10.3. The third kappa shape index (κ3) is 3.56. The Labute approximate surface area is 121 Å². The van der Waals surface area contributed by atoms with Crippen LogP contribution in [0.2, 0.25) is 0 Å². The second-order valence-electron chi connectivity index (χ2n) is 4.49. The zero-order valence-corrected chi connectivity index (χ0v) is 11.7. The summed E-state index contributed by atoms with van der Waals surface area (Å²) >= 11 is 0. The van der Waals surface area contributed by atoms with Crippen molar-refractivity contribution in [3.05, 3.63) is 59.2 Å². The highest BCUT2D eigenvalue weighted by Gasteiger charge is 2.11. The second kappa shape index (κ2) is 6.35. The average molecular weight is 291 g/mol. The van der Waals surface area contributed by atoms with E-state index in [4.69, 9.17) is 4.74 Å². The van der Waals surface area contributed by atoms with E-state index in [0.29, 0.717) is 17.9 Å². The summed E-state index contributed by atoms with van der Waals surface area (Å²) in [4.78, 5) is 12.1. The van der Waals surface area contributed by atoms with E-state index in [1.54, 1.807) is 18.2 Å². The summed E-state index contributed by atoms with van der Waals surface area (Å²) in [6, 6.07) is 7.93. The number of amides is 1. The van der Waals surface area contributed by atoms with Crippen LogP contribution in [0.4, 0.5) is 14.5 Å². The number of hydrogen-bond acceptors (Lipinski definition) is 2. The topological polar surface area (TPSA) is 38.3 Å². The lowest BCUT2D eigenvalue weighted by atomic mass is 10.1. The molecule has 5 heteroatoms. The lowest BCUT2D eigenvalue weighted by Gasteiger charge is -2.10. The number of rotatable bonds is 4. The molecule has 0 aromatic heterocycles. The molecule has 0 saturated heterocycles. The van der Waals surface area contributed by atoms with Crippen molar-refractivity contribution in [3.8, 4) is 5.75 Å². The quantitative estimate of drug-likeness (QED) is 0.927. The Bertz CT molecular complexity index is 671. The zero-order valence-electron chi connectivity index (χ0n) is 11.7. The summed E-state index contributed by atoms with van der Waals surface area (Å²) in [5.74, 6) is -1.28. The predicted molar refractivity (Wildman–Crippen MR) is 76.7 cm³/mol. The van der Waals surface area contributed by atoms with Gasteiger partial charge in [-0.15, -0.1) is 0 Å². The van der Waals surface area contributed by atoms with Crippen molar-refractivity contribution in [2.75, 3.05) is 11.9 Å². The van der Waals surface area contributed by atoms with E-state index in [-0.39, 0.29) is 5.69 Å². The molecule has 2 rings (SSSR count). The van der Waals surface area contributed by atoms with Crippen LogP contribution in [0.1, 0.15) is 22.8 Å². The number of halogens is 2. The fourth-order valence-electron chi connectivity index (χ4n) is 1.89. The summed E-state index contributed by atoms with van der Waals surface area (Å²) in [6.45, 7) is 4.23. The highest BCUT2D eigenvalue weighted by molar-refractivity contribution is 6.04. The first-order chi connectivity index (χ1) is 10.0. The van der Waals surface area contributed by atoms with E-state index in [2.05, 4.69) is 5.32 Å². The standard InChI is InChI=1S/C16H15F2NO2/c1-3-21-15-7-4-11(8-10(15)2)16(20)19-14-6-5-12(17)9-13(14)18/h4-9H,3H2,1-2H3,(H,19,20). The van der Waals surface area contributed by atoms with E-state index >= 15 is 0 Å². The van der Waals surface area contributed by atoms with E-state index in [9.17, 15) is 13.6 Å². The minimum Gasteiger partial charge on any atom is -0.494 e. The molecule has 1 N–H and O–H groups in total. The molecule has 2 aromatic carbocycles. The van der Waals surface area contributed by atoms with E-state index in [1.165, 1.54) is 6.07 Å². The van der Waals surface area contributed by atoms with Gasteiger partial charge in [0.25, 0.3) is 5.91 Å². The molecule has 0 radical (unpaired) electrons. The number of carbonyl (C=O) groups excluding carboxylic acids is 1. The number of benzene rings is 2. The molecule has 21 heavy (non-hydrogen) atoms. The van der Waals surface area contributed by atoms with Gasteiger partial charge in [-0.1, -0.05) is 0 Å². The lowest BCUT2D eigenvalue weighted by molar-refractivity contribution is 0.102. The molecule has 0 aliphatic heterocycles. The Morgan fingerprint density at radius 2 is 1.95 bits per heavy atom. The van der Waals surface area contributed by atoms with Crippen LogP contribution >= 0.6 is 0 Å². The smallest absolute Gasteiger partial charge is 0.255 e. The molecule has 0 heterocycles. The Morgan fingerprint density at radius 1 is 1.19 bits per heavy atom. The molecule has 0 spiro atoms. The van der Waals surface area contributed by atoms with Crippen molar-refractivity contribution >= 4 is 11.6 Å². The largest absolute Gasteiger partial charge is 0.494 e. The minimum atomic E-state index is -0.814. The molecule has 1 amide bonds. The highest BCUT2D eigenvalue weighted by Crippen LogP contribution is 2.21. The molecule has 0 aliphatic rings. The number of nitrogens with one attached hydrogen (secondary N) is 1. The Kier molecular flexibility index (Phi) is 4.52. The van der Waals surface area contributed by atoms with E-state index in [1.807, 2.05) is 13.8 Å². The number of anilines is 1. The van der Waals surface area contributed by atoms with Crippen molar-refractivity contribution in [2.24, 2.45) is 0 Å². The average Bonchev–Trinajstić information content (AvgIpc) is 2.44. The maximum Gasteiger partial charge on any atom is 0.255 e. The van der Waals surface area contributed by atoms with Gasteiger partial charge in [-0.25, -0.2) is 8.78 Å². The summed E-state index contributed by atoms with van der Waals surface area (Å²) in [5, 5.41) is 2.41. The summed E-state index contributed by atoms with van der Waals surface area (Å²) < 4.78 is 31.7. The molecule has 0 fully saturated rings. The number of aryl methyl sites for hydroxylation is 1. The second-order valence-corrected chi connectivity index (χ2v) is 4.49. The Hall–Kier alpha value is -2.43. The van der Waals surface area contributed by atoms with Gasteiger partial charge < -0.3 is 10.1 Å². The van der Waals surface area contributed by atoms with Crippen LogP contribution in [0, 0.1) is 18.6 Å². The van der Waals surface area contributed by atoms with Crippen LogP contribution in [0.25, 0.3) is 0 Å². The van der Waals surface area contributed by atoms with Gasteiger partial charge in [0.15, 0.2) is 0 Å². The Morgan fingerprint density at radius 3 is 2.57 bits per heavy atom. The molecular weight excluding hydrogens is 276 g/mol. The predicted octanol–water partition coefficient (Wildman–Crippen LogP) is 3.92. The van der Waals surface area contributed by atoms with Crippen molar-refractivity contribution in [1.82, 2.24) is 0 Å². The molecule has 0 atom stereocenters. The first-order valence-corrected chi connectivity index (χ1v) is 6.51. The number of hydrogen-bond donors (Lipinski definition) is 1. The van der Waals surface area contributed by atoms with Crippen LogP contribution < -0.4 is 10.1 Å². The third-order valence-electron chi connectivity index (χ3n) is 2.92. The van der Waals surface area contributed by atoms with Crippen LogP contribution in [-0.4, -0.2) is 12.5 Å². The van der Waals surface area contributed by atoms with Gasteiger partial charge >= 0.3 is 0 Å². The molecule has 3 nitrogen and oxygen atoms in total. The van der Waals surface area contributed by atoms with E-state index < -0.39 is 17.5 Å². The molecule has 0 saturated carbocycles. The fourth-order valence-corrected chi connectivity index (χ4v) is 1.89. The van der Waals surface area contributed by atoms with Crippen molar-refractivity contribution in [2.45, 2.75) is 13.8 Å².